The molecule has 1 aromatic heterocycles. The van der Waals surface area contributed by atoms with E-state index in [1.807, 2.05) is 0 Å². The van der Waals surface area contributed by atoms with Gasteiger partial charge in [0.2, 0.25) is 15.9 Å². The first-order chi connectivity index (χ1) is 12.5. The van der Waals surface area contributed by atoms with Crippen LogP contribution < -0.4 is 4.74 Å². The Morgan fingerprint density at radius 1 is 1.35 bits per heavy atom. The number of rotatable bonds is 7. The van der Waals surface area contributed by atoms with Crippen LogP contribution in [0.15, 0.2) is 28.8 Å². The van der Waals surface area contributed by atoms with Crippen molar-refractivity contribution >= 4 is 10.0 Å². The Hall–Kier alpha value is -2.00. The molecule has 0 spiro atoms. The molecule has 1 fully saturated rings. The second-order valence-corrected chi connectivity index (χ2v) is 8.46. The molecule has 0 aliphatic carbocycles. The molecule has 0 N–H and O–H groups in total. The topological polar surface area (TPSA) is 85.5 Å². The molecule has 2 heterocycles. The Labute approximate surface area is 152 Å². The molecule has 0 saturated carbocycles. The van der Waals surface area contributed by atoms with Gasteiger partial charge in [-0.2, -0.15) is 4.98 Å². The first-order valence-electron chi connectivity index (χ1n) is 8.66. The molecule has 9 heteroatoms. The number of hydrogen-bond donors (Lipinski definition) is 0. The van der Waals surface area contributed by atoms with Crippen molar-refractivity contribution in [2.45, 2.75) is 32.1 Å². The lowest BCUT2D eigenvalue weighted by molar-refractivity contribution is 0.264. The molecule has 0 bridgehead atoms. The number of nitrogens with zero attached hydrogens (tertiary/aromatic N) is 3. The second-order valence-electron chi connectivity index (χ2n) is 6.20. The zero-order chi connectivity index (χ0) is 18.6. The molecule has 2 aromatic rings. The highest BCUT2D eigenvalue weighted by Crippen LogP contribution is 2.27. The lowest BCUT2D eigenvalue weighted by Crippen LogP contribution is -2.39. The molecule has 1 saturated heterocycles. The van der Waals surface area contributed by atoms with Gasteiger partial charge in [0.1, 0.15) is 11.6 Å². The number of halogens is 1. The van der Waals surface area contributed by atoms with E-state index in [9.17, 15) is 12.8 Å². The standard InChI is InChI=1S/C17H22FN3O4S/c1-2-26(22,23)21-10-3-4-13(12-21)17-19-16(20-25-17)9-11-24-15-7-5-14(18)6-8-15/h5-8,13H,2-4,9-12H2,1H3. The average molecular weight is 383 g/mol. The van der Waals surface area contributed by atoms with Crippen LogP contribution in [-0.4, -0.2) is 48.3 Å². The van der Waals surface area contributed by atoms with Crippen LogP contribution in [0.5, 0.6) is 5.75 Å². The molecule has 1 unspecified atom stereocenters. The van der Waals surface area contributed by atoms with E-state index >= 15 is 0 Å². The van der Waals surface area contributed by atoms with Crippen LogP contribution in [0.1, 0.15) is 37.4 Å². The van der Waals surface area contributed by atoms with Crippen molar-refractivity contribution < 1.29 is 22.1 Å². The van der Waals surface area contributed by atoms with Gasteiger partial charge in [0.15, 0.2) is 5.82 Å². The van der Waals surface area contributed by atoms with Crippen LogP contribution >= 0.6 is 0 Å². The van der Waals surface area contributed by atoms with E-state index in [1.165, 1.54) is 16.4 Å². The minimum Gasteiger partial charge on any atom is -0.493 e. The normalized spacial score (nSPS) is 18.8. The summed E-state index contributed by atoms with van der Waals surface area (Å²) in [4.78, 5) is 4.38. The summed E-state index contributed by atoms with van der Waals surface area (Å²) in [6, 6.07) is 5.78. The summed E-state index contributed by atoms with van der Waals surface area (Å²) in [5.74, 6) is 1.25. The molecule has 3 rings (SSSR count). The summed E-state index contributed by atoms with van der Waals surface area (Å²) in [5, 5.41) is 3.95. The van der Waals surface area contributed by atoms with Crippen molar-refractivity contribution in [2.24, 2.45) is 0 Å². The lowest BCUT2D eigenvalue weighted by Gasteiger charge is -2.29. The summed E-state index contributed by atoms with van der Waals surface area (Å²) < 4.78 is 49.3. The maximum atomic E-state index is 12.8. The fourth-order valence-electron chi connectivity index (χ4n) is 2.91. The molecular formula is C17H22FN3O4S. The summed E-state index contributed by atoms with van der Waals surface area (Å²) in [6.07, 6.45) is 2.04. The quantitative estimate of drug-likeness (QED) is 0.730. The molecule has 142 valence electrons. The highest BCUT2D eigenvalue weighted by atomic mass is 32.2. The second kappa shape index (κ2) is 8.13. The fourth-order valence-corrected chi connectivity index (χ4v) is 4.08. The highest BCUT2D eigenvalue weighted by Gasteiger charge is 2.31. The van der Waals surface area contributed by atoms with Crippen LogP contribution in [0.4, 0.5) is 4.39 Å². The Bertz CT molecular complexity index is 823. The minimum absolute atomic E-state index is 0.0793. The molecule has 7 nitrogen and oxygen atoms in total. The van der Waals surface area contributed by atoms with E-state index < -0.39 is 10.0 Å². The van der Waals surface area contributed by atoms with E-state index in [4.69, 9.17) is 9.26 Å². The van der Waals surface area contributed by atoms with Gasteiger partial charge in [-0.15, -0.1) is 0 Å². The van der Waals surface area contributed by atoms with Crippen molar-refractivity contribution in [2.75, 3.05) is 25.4 Å². The van der Waals surface area contributed by atoms with Crippen molar-refractivity contribution in [3.05, 3.63) is 41.8 Å². The van der Waals surface area contributed by atoms with E-state index in [2.05, 4.69) is 10.1 Å². The molecule has 0 amide bonds. The maximum absolute atomic E-state index is 12.8. The number of aromatic nitrogens is 2. The number of benzene rings is 1. The monoisotopic (exact) mass is 383 g/mol. The van der Waals surface area contributed by atoms with E-state index in [1.54, 1.807) is 19.1 Å². The van der Waals surface area contributed by atoms with Crippen molar-refractivity contribution in [1.82, 2.24) is 14.4 Å². The van der Waals surface area contributed by atoms with Crippen LogP contribution in [0.25, 0.3) is 0 Å². The Morgan fingerprint density at radius 2 is 2.12 bits per heavy atom. The smallest absolute Gasteiger partial charge is 0.231 e. The fraction of sp³-hybridized carbons (Fsp3) is 0.529. The SMILES string of the molecule is CCS(=O)(=O)N1CCCC(c2nc(CCOc3ccc(F)cc3)no2)C1. The first kappa shape index (κ1) is 18.8. The van der Waals surface area contributed by atoms with Crippen molar-refractivity contribution in [3.8, 4) is 5.75 Å². The molecular weight excluding hydrogens is 361 g/mol. The third kappa shape index (κ3) is 4.59. The van der Waals surface area contributed by atoms with Gasteiger partial charge in [0, 0.05) is 19.5 Å². The van der Waals surface area contributed by atoms with Gasteiger partial charge in [0.05, 0.1) is 18.3 Å². The van der Waals surface area contributed by atoms with Gasteiger partial charge in [-0.1, -0.05) is 5.16 Å². The zero-order valence-corrected chi connectivity index (χ0v) is 15.4. The number of piperidine rings is 1. The van der Waals surface area contributed by atoms with E-state index in [0.717, 1.165) is 12.8 Å². The number of sulfonamides is 1. The predicted molar refractivity (Wildman–Crippen MR) is 92.9 cm³/mol. The van der Waals surface area contributed by atoms with Crippen LogP contribution in [0, 0.1) is 5.82 Å². The van der Waals surface area contributed by atoms with E-state index in [0.29, 0.717) is 43.6 Å². The third-order valence-electron chi connectivity index (χ3n) is 4.38. The van der Waals surface area contributed by atoms with Gasteiger partial charge >= 0.3 is 0 Å². The number of ether oxygens (including phenoxy) is 1. The predicted octanol–water partition coefficient (Wildman–Crippen LogP) is 2.36. The highest BCUT2D eigenvalue weighted by molar-refractivity contribution is 7.89. The molecule has 26 heavy (non-hydrogen) atoms. The van der Waals surface area contributed by atoms with Crippen molar-refractivity contribution in [1.29, 1.82) is 0 Å². The van der Waals surface area contributed by atoms with Gasteiger partial charge < -0.3 is 9.26 Å². The largest absolute Gasteiger partial charge is 0.493 e. The van der Waals surface area contributed by atoms with Gasteiger partial charge in [-0.3, -0.25) is 0 Å². The summed E-state index contributed by atoms with van der Waals surface area (Å²) in [5.41, 5.74) is 0. The Balaban J connectivity index is 1.54. The van der Waals surface area contributed by atoms with E-state index in [-0.39, 0.29) is 17.5 Å². The maximum Gasteiger partial charge on any atom is 0.231 e. The molecule has 1 aliphatic rings. The molecule has 1 aliphatic heterocycles. The first-order valence-corrected chi connectivity index (χ1v) is 10.3. The van der Waals surface area contributed by atoms with Crippen molar-refractivity contribution in [3.63, 3.8) is 0 Å². The summed E-state index contributed by atoms with van der Waals surface area (Å²) in [6.45, 7) is 2.90. The van der Waals surface area contributed by atoms with Gasteiger partial charge in [-0.05, 0) is 44.0 Å². The average Bonchev–Trinajstić information content (AvgIpc) is 3.12. The zero-order valence-electron chi connectivity index (χ0n) is 14.6. The number of hydrogen-bond acceptors (Lipinski definition) is 6. The Morgan fingerprint density at radius 3 is 2.85 bits per heavy atom. The summed E-state index contributed by atoms with van der Waals surface area (Å²) >= 11 is 0. The van der Waals surface area contributed by atoms with Crippen LogP contribution in [0.2, 0.25) is 0 Å². The molecule has 0 radical (unpaired) electrons. The van der Waals surface area contributed by atoms with Crippen LogP contribution in [-0.2, 0) is 16.4 Å². The third-order valence-corrected chi connectivity index (χ3v) is 6.23. The molecule has 1 atom stereocenters. The molecule has 1 aromatic carbocycles. The van der Waals surface area contributed by atoms with Gasteiger partial charge in [-0.25, -0.2) is 17.1 Å². The van der Waals surface area contributed by atoms with Gasteiger partial charge in [0.25, 0.3) is 0 Å². The Kier molecular flexibility index (Phi) is 5.87. The van der Waals surface area contributed by atoms with Crippen LogP contribution in [0.3, 0.4) is 0 Å². The minimum atomic E-state index is -3.21. The summed E-state index contributed by atoms with van der Waals surface area (Å²) in [7, 11) is -3.21. The lowest BCUT2D eigenvalue weighted by atomic mass is 10.00.